The van der Waals surface area contributed by atoms with Gasteiger partial charge in [-0.25, -0.2) is 0 Å². The van der Waals surface area contributed by atoms with Crippen LogP contribution in [0.2, 0.25) is 0 Å². The van der Waals surface area contributed by atoms with Crippen LogP contribution in [0.4, 0.5) is 5.69 Å². The number of allylic oxidation sites excluding steroid dienone is 5. The second-order valence-corrected chi connectivity index (χ2v) is 7.60. The SMILES string of the molecule is C=CC1=CC=C(C(CC(C)C)Nc2ccc(C(C=NC)=CN)cc2CN)CC1. The van der Waals surface area contributed by atoms with E-state index in [1.165, 1.54) is 11.1 Å². The Bertz CT molecular complexity index is 797. The molecule has 4 heteroatoms. The van der Waals surface area contributed by atoms with Gasteiger partial charge in [0.1, 0.15) is 0 Å². The third-order valence-electron chi connectivity index (χ3n) is 5.07. The van der Waals surface area contributed by atoms with E-state index < -0.39 is 0 Å². The Labute approximate surface area is 169 Å². The lowest BCUT2D eigenvalue weighted by atomic mass is 9.88. The van der Waals surface area contributed by atoms with Crippen molar-refractivity contribution in [2.45, 2.75) is 45.7 Å². The maximum absolute atomic E-state index is 6.07. The normalized spacial score (nSPS) is 16.1. The number of benzene rings is 1. The van der Waals surface area contributed by atoms with Crippen LogP contribution in [0.15, 0.2) is 65.3 Å². The minimum absolute atomic E-state index is 0.292. The van der Waals surface area contributed by atoms with Crippen molar-refractivity contribution >= 4 is 17.5 Å². The summed E-state index contributed by atoms with van der Waals surface area (Å²) in [5, 5.41) is 3.76. The van der Waals surface area contributed by atoms with E-state index in [1.54, 1.807) is 19.5 Å². The third kappa shape index (κ3) is 5.70. The minimum Gasteiger partial charge on any atom is -0.404 e. The molecule has 0 saturated heterocycles. The first kappa shape index (κ1) is 21.7. The topological polar surface area (TPSA) is 76.4 Å². The highest BCUT2D eigenvalue weighted by Crippen LogP contribution is 2.29. The fraction of sp³-hybridized carbons (Fsp3) is 0.375. The summed E-state index contributed by atoms with van der Waals surface area (Å²) in [6.07, 6.45) is 12.9. The molecule has 5 N–H and O–H groups in total. The van der Waals surface area contributed by atoms with Crippen LogP contribution < -0.4 is 16.8 Å². The van der Waals surface area contributed by atoms with Gasteiger partial charge in [0.15, 0.2) is 0 Å². The molecule has 0 aromatic heterocycles. The Hall–Kier alpha value is -2.59. The number of aliphatic imine (C=N–C) groups is 1. The minimum atomic E-state index is 0.292. The number of hydrogen-bond acceptors (Lipinski definition) is 4. The van der Waals surface area contributed by atoms with Crippen molar-refractivity contribution in [3.8, 4) is 0 Å². The van der Waals surface area contributed by atoms with Crippen molar-refractivity contribution in [1.29, 1.82) is 0 Å². The van der Waals surface area contributed by atoms with E-state index >= 15 is 0 Å². The van der Waals surface area contributed by atoms with Crippen LogP contribution in [0, 0.1) is 5.92 Å². The van der Waals surface area contributed by atoms with Gasteiger partial charge in [-0.15, -0.1) is 0 Å². The second kappa shape index (κ2) is 10.7. The van der Waals surface area contributed by atoms with Crippen molar-refractivity contribution in [2.75, 3.05) is 12.4 Å². The quantitative estimate of drug-likeness (QED) is 0.540. The van der Waals surface area contributed by atoms with Gasteiger partial charge in [0.05, 0.1) is 0 Å². The largest absolute Gasteiger partial charge is 0.404 e. The molecule has 1 aliphatic carbocycles. The molecule has 0 aliphatic heterocycles. The number of rotatable bonds is 9. The van der Waals surface area contributed by atoms with Crippen molar-refractivity contribution in [3.05, 3.63) is 71.5 Å². The summed E-state index contributed by atoms with van der Waals surface area (Å²) in [6, 6.07) is 6.56. The highest BCUT2D eigenvalue weighted by Gasteiger charge is 2.19. The van der Waals surface area contributed by atoms with Crippen LogP contribution in [0.3, 0.4) is 0 Å². The molecular weight excluding hydrogens is 344 g/mol. The lowest BCUT2D eigenvalue weighted by Gasteiger charge is -2.28. The molecule has 1 atom stereocenters. The fourth-order valence-corrected chi connectivity index (χ4v) is 3.53. The van der Waals surface area contributed by atoms with Gasteiger partial charge in [0.25, 0.3) is 0 Å². The van der Waals surface area contributed by atoms with Crippen molar-refractivity contribution in [3.63, 3.8) is 0 Å². The maximum Gasteiger partial charge on any atom is 0.0479 e. The van der Waals surface area contributed by atoms with Crippen LogP contribution in [-0.4, -0.2) is 19.3 Å². The second-order valence-electron chi connectivity index (χ2n) is 7.60. The van der Waals surface area contributed by atoms with E-state index in [2.05, 4.69) is 61.1 Å². The first-order chi connectivity index (χ1) is 13.5. The molecule has 4 nitrogen and oxygen atoms in total. The van der Waals surface area contributed by atoms with Gasteiger partial charge in [-0.3, -0.25) is 4.99 Å². The van der Waals surface area contributed by atoms with Crippen molar-refractivity contribution < 1.29 is 0 Å². The molecule has 150 valence electrons. The lowest BCUT2D eigenvalue weighted by molar-refractivity contribution is 0.541. The summed E-state index contributed by atoms with van der Waals surface area (Å²) in [5.41, 5.74) is 18.6. The zero-order valence-electron chi connectivity index (χ0n) is 17.4. The molecule has 0 spiro atoms. The molecule has 0 fully saturated rings. The van der Waals surface area contributed by atoms with Crippen LogP contribution in [-0.2, 0) is 6.54 Å². The lowest BCUT2D eigenvalue weighted by Crippen LogP contribution is -2.26. The summed E-state index contributed by atoms with van der Waals surface area (Å²) in [5.74, 6) is 0.594. The Kier molecular flexibility index (Phi) is 8.27. The van der Waals surface area contributed by atoms with Crippen LogP contribution in [0.5, 0.6) is 0 Å². The monoisotopic (exact) mass is 378 g/mol. The summed E-state index contributed by atoms with van der Waals surface area (Å²) in [7, 11) is 1.74. The molecule has 1 aromatic rings. The number of nitrogens with zero attached hydrogens (tertiary/aromatic N) is 1. The van der Waals surface area contributed by atoms with Crippen LogP contribution in [0.25, 0.3) is 5.57 Å². The highest BCUT2D eigenvalue weighted by atomic mass is 14.9. The number of nitrogens with two attached hydrogens (primary N) is 2. The molecule has 0 bridgehead atoms. The molecule has 0 amide bonds. The van der Waals surface area contributed by atoms with E-state index in [4.69, 9.17) is 11.5 Å². The Morgan fingerprint density at radius 3 is 2.61 bits per heavy atom. The smallest absolute Gasteiger partial charge is 0.0479 e. The van der Waals surface area contributed by atoms with Crippen molar-refractivity contribution in [1.82, 2.24) is 0 Å². The van der Waals surface area contributed by atoms with Gasteiger partial charge in [-0.2, -0.15) is 0 Å². The summed E-state index contributed by atoms with van der Waals surface area (Å²) < 4.78 is 0. The predicted molar refractivity (Wildman–Crippen MR) is 123 cm³/mol. The Balaban J connectivity index is 2.32. The highest BCUT2D eigenvalue weighted by molar-refractivity contribution is 6.09. The first-order valence-corrected chi connectivity index (χ1v) is 9.98. The first-order valence-electron chi connectivity index (χ1n) is 9.98. The molecule has 0 heterocycles. The van der Waals surface area contributed by atoms with Gasteiger partial charge < -0.3 is 16.8 Å². The van der Waals surface area contributed by atoms with Gasteiger partial charge in [0, 0.05) is 43.3 Å². The Morgan fingerprint density at radius 1 is 1.29 bits per heavy atom. The zero-order chi connectivity index (χ0) is 20.5. The Morgan fingerprint density at radius 2 is 2.07 bits per heavy atom. The molecule has 1 aromatic carbocycles. The number of nitrogens with one attached hydrogen (secondary N) is 1. The molecule has 1 aliphatic rings. The molecule has 0 saturated carbocycles. The molecule has 1 unspecified atom stereocenters. The molecule has 28 heavy (non-hydrogen) atoms. The van der Waals surface area contributed by atoms with E-state index in [9.17, 15) is 0 Å². The molecule has 0 radical (unpaired) electrons. The number of hydrogen-bond donors (Lipinski definition) is 3. The average molecular weight is 379 g/mol. The van der Waals surface area contributed by atoms with E-state index in [0.29, 0.717) is 18.5 Å². The van der Waals surface area contributed by atoms with E-state index in [-0.39, 0.29) is 0 Å². The fourth-order valence-electron chi connectivity index (χ4n) is 3.53. The standard InChI is InChI=1S/C24H34N4/c1-5-18-6-8-19(9-7-18)24(12-17(2)3)28-23-11-10-20(13-21(23)14-25)22(15-26)16-27-4/h5-6,8,10-11,13,15-17,24,28H,1,7,9,12,14,25-26H2,2-4H3. The van der Waals surface area contributed by atoms with E-state index in [0.717, 1.165) is 41.6 Å². The van der Waals surface area contributed by atoms with Crippen LogP contribution >= 0.6 is 0 Å². The van der Waals surface area contributed by atoms with Crippen molar-refractivity contribution in [2.24, 2.45) is 22.4 Å². The predicted octanol–water partition coefficient (Wildman–Crippen LogP) is 4.80. The summed E-state index contributed by atoms with van der Waals surface area (Å²) in [6.45, 7) is 8.87. The van der Waals surface area contributed by atoms with E-state index in [1.807, 2.05) is 6.08 Å². The van der Waals surface area contributed by atoms with Gasteiger partial charge in [-0.05, 0) is 59.6 Å². The molecule has 2 rings (SSSR count). The van der Waals surface area contributed by atoms with Gasteiger partial charge in [0.2, 0.25) is 0 Å². The molecular formula is C24H34N4. The van der Waals surface area contributed by atoms with Gasteiger partial charge in [-0.1, -0.05) is 44.7 Å². The summed E-state index contributed by atoms with van der Waals surface area (Å²) >= 11 is 0. The summed E-state index contributed by atoms with van der Waals surface area (Å²) in [4.78, 5) is 4.08. The zero-order valence-corrected chi connectivity index (χ0v) is 17.4. The van der Waals surface area contributed by atoms with Gasteiger partial charge >= 0.3 is 0 Å². The average Bonchev–Trinajstić information content (AvgIpc) is 2.71. The number of anilines is 1. The maximum atomic E-state index is 6.07. The third-order valence-corrected chi connectivity index (χ3v) is 5.07. The van der Waals surface area contributed by atoms with Crippen LogP contribution in [0.1, 0.15) is 44.2 Å².